The minimum Gasteiger partial charge on any atom is -0.372 e. The summed E-state index contributed by atoms with van der Waals surface area (Å²) in [6, 6.07) is 7.84. The molecule has 2 aliphatic rings. The van der Waals surface area contributed by atoms with Gasteiger partial charge in [0.15, 0.2) is 5.96 Å². The molecule has 2 fully saturated rings. The van der Waals surface area contributed by atoms with Gasteiger partial charge in [-0.15, -0.1) is 0 Å². The second-order valence-corrected chi connectivity index (χ2v) is 8.42. The number of carbonyl (C=O) groups excluding carboxylic acids is 1. The van der Waals surface area contributed by atoms with Crippen molar-refractivity contribution in [3.05, 3.63) is 35.4 Å². The molecule has 7 nitrogen and oxygen atoms in total. The quantitative estimate of drug-likeness (QED) is 0.550. The molecule has 166 valence electrons. The van der Waals surface area contributed by atoms with Crippen molar-refractivity contribution in [2.24, 2.45) is 4.99 Å². The number of morpholine rings is 1. The summed E-state index contributed by atoms with van der Waals surface area (Å²) in [5, 5.41) is 6.75. The van der Waals surface area contributed by atoms with Gasteiger partial charge < -0.3 is 25.2 Å². The van der Waals surface area contributed by atoms with E-state index in [1.54, 1.807) is 7.05 Å². The summed E-state index contributed by atoms with van der Waals surface area (Å²) in [7, 11) is 1.79. The summed E-state index contributed by atoms with van der Waals surface area (Å²) in [6.45, 7) is 10.3. The molecule has 2 heterocycles. The minimum absolute atomic E-state index is 0.0756. The van der Waals surface area contributed by atoms with Gasteiger partial charge in [-0.1, -0.05) is 18.6 Å². The molecule has 0 aliphatic carbocycles. The van der Waals surface area contributed by atoms with Gasteiger partial charge in [0.05, 0.1) is 12.2 Å². The first-order valence-corrected chi connectivity index (χ1v) is 11.3. The van der Waals surface area contributed by atoms with E-state index in [4.69, 9.17) is 4.74 Å². The molecule has 0 bridgehead atoms. The predicted octanol–water partition coefficient (Wildman–Crippen LogP) is 2.09. The van der Waals surface area contributed by atoms with Crippen molar-refractivity contribution in [2.75, 3.05) is 46.3 Å². The largest absolute Gasteiger partial charge is 0.372 e. The maximum atomic E-state index is 12.8. The maximum Gasteiger partial charge on any atom is 0.254 e. The molecule has 1 amide bonds. The van der Waals surface area contributed by atoms with Crippen LogP contribution < -0.4 is 10.6 Å². The number of nitrogens with one attached hydrogen (secondary N) is 2. The number of carbonyl (C=O) groups is 1. The van der Waals surface area contributed by atoms with Crippen molar-refractivity contribution >= 4 is 11.9 Å². The van der Waals surface area contributed by atoms with Crippen LogP contribution in [0.15, 0.2) is 29.3 Å². The van der Waals surface area contributed by atoms with Crippen LogP contribution in [0, 0.1) is 0 Å². The molecule has 2 saturated heterocycles. The van der Waals surface area contributed by atoms with Gasteiger partial charge in [0.1, 0.15) is 0 Å². The number of guanidine groups is 1. The fourth-order valence-corrected chi connectivity index (χ4v) is 4.21. The Morgan fingerprint density at radius 2 is 1.73 bits per heavy atom. The fraction of sp³-hybridized carbons (Fsp3) is 0.652. The van der Waals surface area contributed by atoms with Crippen LogP contribution in [0.1, 0.15) is 49.0 Å². The standard InChI is InChI=1S/C23H37N5O2/c1-18-16-28(17-19(2)30-18)22(29)21-9-7-20(8-10-21)15-26-23(24-3)25-11-14-27-12-5-4-6-13-27/h7-10,18-19H,4-6,11-17H2,1-3H3,(H2,24,25,26). The number of amides is 1. The van der Waals surface area contributed by atoms with Crippen LogP contribution in [0.5, 0.6) is 0 Å². The van der Waals surface area contributed by atoms with E-state index >= 15 is 0 Å². The molecule has 0 radical (unpaired) electrons. The summed E-state index contributed by atoms with van der Waals surface area (Å²) in [5.74, 6) is 0.884. The second-order valence-electron chi connectivity index (χ2n) is 8.42. The molecule has 0 aromatic heterocycles. The third kappa shape index (κ3) is 6.71. The normalized spacial score (nSPS) is 23.3. The Bertz CT molecular complexity index is 690. The van der Waals surface area contributed by atoms with Gasteiger partial charge in [-0.25, -0.2) is 0 Å². The number of piperidine rings is 1. The average Bonchev–Trinajstić information content (AvgIpc) is 2.76. The van der Waals surface area contributed by atoms with Crippen LogP contribution in [0.4, 0.5) is 0 Å². The van der Waals surface area contributed by atoms with Crippen LogP contribution in [0.25, 0.3) is 0 Å². The topological polar surface area (TPSA) is 69.2 Å². The van der Waals surface area contributed by atoms with Gasteiger partial charge in [0.2, 0.25) is 0 Å². The lowest BCUT2D eigenvalue weighted by Crippen LogP contribution is -2.48. The molecule has 7 heteroatoms. The number of rotatable bonds is 6. The molecular weight excluding hydrogens is 378 g/mol. The van der Waals surface area contributed by atoms with Crippen LogP contribution in [-0.4, -0.2) is 80.2 Å². The molecule has 1 aromatic carbocycles. The van der Waals surface area contributed by atoms with Crippen molar-refractivity contribution in [1.29, 1.82) is 0 Å². The Morgan fingerprint density at radius 3 is 2.37 bits per heavy atom. The average molecular weight is 416 g/mol. The van der Waals surface area contributed by atoms with Crippen LogP contribution in [0.2, 0.25) is 0 Å². The van der Waals surface area contributed by atoms with Gasteiger partial charge >= 0.3 is 0 Å². The highest BCUT2D eigenvalue weighted by Gasteiger charge is 2.26. The lowest BCUT2D eigenvalue weighted by molar-refractivity contribution is -0.0586. The van der Waals surface area contributed by atoms with E-state index in [-0.39, 0.29) is 18.1 Å². The first kappa shape index (κ1) is 22.6. The SMILES string of the molecule is CN=C(NCCN1CCCCC1)NCc1ccc(C(=O)N2CC(C)OC(C)C2)cc1. The highest BCUT2D eigenvalue weighted by atomic mass is 16.5. The second kappa shape index (κ2) is 11.3. The number of benzene rings is 1. The lowest BCUT2D eigenvalue weighted by atomic mass is 10.1. The van der Waals surface area contributed by atoms with Crippen LogP contribution in [0.3, 0.4) is 0 Å². The summed E-state index contributed by atoms with van der Waals surface area (Å²) in [5.41, 5.74) is 1.85. The number of ether oxygens (including phenoxy) is 1. The van der Waals surface area contributed by atoms with Crippen molar-refractivity contribution in [3.63, 3.8) is 0 Å². The Labute approximate surface area is 180 Å². The van der Waals surface area contributed by atoms with Crippen molar-refractivity contribution < 1.29 is 9.53 Å². The van der Waals surface area contributed by atoms with Gasteiger partial charge in [0.25, 0.3) is 5.91 Å². The molecule has 2 N–H and O–H groups in total. The fourth-order valence-electron chi connectivity index (χ4n) is 4.21. The number of aliphatic imine (C=N–C) groups is 1. The third-order valence-electron chi connectivity index (χ3n) is 5.76. The lowest BCUT2D eigenvalue weighted by Gasteiger charge is -2.35. The van der Waals surface area contributed by atoms with E-state index < -0.39 is 0 Å². The van der Waals surface area contributed by atoms with E-state index in [2.05, 4.69) is 20.5 Å². The van der Waals surface area contributed by atoms with Crippen molar-refractivity contribution in [3.8, 4) is 0 Å². The number of hydrogen-bond acceptors (Lipinski definition) is 4. The molecule has 2 atom stereocenters. The third-order valence-corrected chi connectivity index (χ3v) is 5.76. The Balaban J connectivity index is 1.43. The van der Waals surface area contributed by atoms with Gasteiger partial charge in [0, 0.05) is 45.3 Å². The maximum absolute atomic E-state index is 12.8. The molecule has 2 aliphatic heterocycles. The first-order valence-electron chi connectivity index (χ1n) is 11.3. The predicted molar refractivity (Wildman–Crippen MR) is 121 cm³/mol. The number of nitrogens with zero attached hydrogens (tertiary/aromatic N) is 3. The van der Waals surface area contributed by atoms with E-state index in [9.17, 15) is 4.79 Å². The zero-order valence-corrected chi connectivity index (χ0v) is 18.7. The van der Waals surface area contributed by atoms with Gasteiger partial charge in [-0.2, -0.15) is 0 Å². The van der Waals surface area contributed by atoms with Gasteiger partial charge in [-0.05, 0) is 57.5 Å². The Morgan fingerprint density at radius 1 is 1.07 bits per heavy atom. The van der Waals surface area contributed by atoms with E-state index in [1.807, 2.05) is 43.0 Å². The molecule has 30 heavy (non-hydrogen) atoms. The summed E-state index contributed by atoms with van der Waals surface area (Å²) >= 11 is 0. The van der Waals surface area contributed by atoms with E-state index in [0.717, 1.165) is 30.2 Å². The molecule has 0 saturated carbocycles. The Kier molecular flexibility index (Phi) is 8.51. The van der Waals surface area contributed by atoms with E-state index in [1.165, 1.54) is 32.4 Å². The highest BCUT2D eigenvalue weighted by molar-refractivity contribution is 5.94. The molecule has 2 unspecified atom stereocenters. The van der Waals surface area contributed by atoms with Crippen LogP contribution >= 0.6 is 0 Å². The monoisotopic (exact) mass is 415 g/mol. The van der Waals surface area contributed by atoms with E-state index in [0.29, 0.717) is 19.6 Å². The molecule has 1 aromatic rings. The summed E-state index contributed by atoms with van der Waals surface area (Å²) in [4.78, 5) is 21.5. The zero-order valence-electron chi connectivity index (χ0n) is 18.7. The number of likely N-dealkylation sites (tertiary alicyclic amines) is 1. The summed E-state index contributed by atoms with van der Waals surface area (Å²) in [6.07, 6.45) is 4.15. The Hall–Kier alpha value is -2.12. The van der Waals surface area contributed by atoms with Crippen molar-refractivity contribution in [2.45, 2.75) is 51.9 Å². The van der Waals surface area contributed by atoms with Gasteiger partial charge in [-0.3, -0.25) is 9.79 Å². The molecular formula is C23H37N5O2. The molecule has 0 spiro atoms. The number of hydrogen-bond donors (Lipinski definition) is 2. The minimum atomic E-state index is 0.0756. The smallest absolute Gasteiger partial charge is 0.254 e. The zero-order chi connectivity index (χ0) is 21.3. The first-order chi connectivity index (χ1) is 14.5. The molecule has 3 rings (SSSR count). The van der Waals surface area contributed by atoms with Crippen molar-refractivity contribution in [1.82, 2.24) is 20.4 Å². The highest BCUT2D eigenvalue weighted by Crippen LogP contribution is 2.15. The summed E-state index contributed by atoms with van der Waals surface area (Å²) < 4.78 is 5.73. The van der Waals surface area contributed by atoms with Crippen LogP contribution in [-0.2, 0) is 11.3 Å².